The molecule has 2 fully saturated rings. The first-order valence-electron chi connectivity index (χ1n) is 9.12. The van der Waals surface area contributed by atoms with Crippen LogP contribution in [0.3, 0.4) is 0 Å². The number of likely N-dealkylation sites (tertiary alicyclic amines) is 1. The summed E-state index contributed by atoms with van der Waals surface area (Å²) in [4.78, 5) is 2.63. The Morgan fingerprint density at radius 2 is 1.91 bits per heavy atom. The number of piperidine rings is 1. The summed E-state index contributed by atoms with van der Waals surface area (Å²) in [7, 11) is 0. The maximum atomic E-state index is 5.50. The highest BCUT2D eigenvalue weighted by molar-refractivity contribution is 5.05. The minimum atomic E-state index is 0.621. The second-order valence-corrected chi connectivity index (χ2v) is 7.24. The zero-order chi connectivity index (χ0) is 14.8. The predicted molar refractivity (Wildman–Crippen MR) is 84.9 cm³/mol. The fraction of sp³-hybridized carbons (Fsp3) is 0.882. The third-order valence-corrected chi connectivity index (χ3v) is 5.63. The van der Waals surface area contributed by atoms with Crippen molar-refractivity contribution in [1.82, 2.24) is 19.7 Å². The SMILES string of the molecule is C1CCc2nnc(C3CCN(C[C@@H]4CCOC4)CC3)n2CC1. The Bertz CT molecular complexity index is 487. The molecule has 2 saturated heterocycles. The maximum absolute atomic E-state index is 5.50. The highest BCUT2D eigenvalue weighted by atomic mass is 16.5. The largest absolute Gasteiger partial charge is 0.381 e. The Kier molecular flexibility index (Phi) is 4.44. The molecule has 3 aliphatic heterocycles. The molecule has 0 radical (unpaired) electrons. The molecule has 0 N–H and O–H groups in total. The van der Waals surface area contributed by atoms with Gasteiger partial charge in [-0.25, -0.2) is 0 Å². The lowest BCUT2D eigenvalue weighted by molar-refractivity contribution is 0.150. The number of aromatic nitrogens is 3. The van der Waals surface area contributed by atoms with Gasteiger partial charge in [0.2, 0.25) is 0 Å². The standard InChI is InChI=1S/C17H28N4O/c1-2-4-16-18-19-17(21(16)8-3-1)15-5-9-20(10-6-15)12-14-7-11-22-13-14/h14-15H,1-13H2/t14-/m0/s1. The predicted octanol–water partition coefficient (Wildman–Crippen LogP) is 2.22. The molecule has 5 heteroatoms. The second kappa shape index (κ2) is 6.67. The number of hydrogen-bond acceptors (Lipinski definition) is 4. The van der Waals surface area contributed by atoms with Crippen LogP contribution in [0.4, 0.5) is 0 Å². The van der Waals surface area contributed by atoms with Gasteiger partial charge in [-0.1, -0.05) is 6.42 Å². The number of nitrogens with zero attached hydrogens (tertiary/aromatic N) is 4. The van der Waals surface area contributed by atoms with E-state index in [4.69, 9.17) is 4.74 Å². The molecular weight excluding hydrogens is 276 g/mol. The molecule has 3 aliphatic rings. The first kappa shape index (κ1) is 14.6. The highest BCUT2D eigenvalue weighted by Crippen LogP contribution is 2.29. The lowest BCUT2D eigenvalue weighted by Crippen LogP contribution is -2.37. The van der Waals surface area contributed by atoms with Gasteiger partial charge < -0.3 is 14.2 Å². The topological polar surface area (TPSA) is 43.2 Å². The number of ether oxygens (including phenoxy) is 1. The van der Waals surface area contributed by atoms with Crippen LogP contribution in [0, 0.1) is 5.92 Å². The normalized spacial score (nSPS) is 27.7. The van der Waals surface area contributed by atoms with Crippen molar-refractivity contribution in [1.29, 1.82) is 0 Å². The van der Waals surface area contributed by atoms with Crippen LogP contribution in [0.2, 0.25) is 0 Å². The number of rotatable bonds is 3. The van der Waals surface area contributed by atoms with Crippen LogP contribution >= 0.6 is 0 Å². The summed E-state index contributed by atoms with van der Waals surface area (Å²) >= 11 is 0. The lowest BCUT2D eigenvalue weighted by atomic mass is 9.95. The van der Waals surface area contributed by atoms with Gasteiger partial charge in [0, 0.05) is 32.0 Å². The van der Waals surface area contributed by atoms with E-state index in [1.165, 1.54) is 69.8 Å². The molecule has 4 rings (SSSR count). The van der Waals surface area contributed by atoms with Crippen LogP contribution in [0.1, 0.15) is 56.1 Å². The van der Waals surface area contributed by atoms with E-state index in [1.807, 2.05) is 0 Å². The quantitative estimate of drug-likeness (QED) is 0.859. The third kappa shape index (κ3) is 3.06. The van der Waals surface area contributed by atoms with Crippen molar-refractivity contribution in [3.63, 3.8) is 0 Å². The zero-order valence-electron chi connectivity index (χ0n) is 13.5. The molecule has 5 nitrogen and oxygen atoms in total. The minimum Gasteiger partial charge on any atom is -0.381 e. The number of hydrogen-bond donors (Lipinski definition) is 0. The summed E-state index contributed by atoms with van der Waals surface area (Å²) < 4.78 is 7.95. The maximum Gasteiger partial charge on any atom is 0.136 e. The van der Waals surface area contributed by atoms with Gasteiger partial charge >= 0.3 is 0 Å². The fourth-order valence-electron chi connectivity index (χ4n) is 4.28. The van der Waals surface area contributed by atoms with Gasteiger partial charge in [-0.15, -0.1) is 10.2 Å². The number of aryl methyl sites for hydroxylation is 1. The minimum absolute atomic E-state index is 0.621. The molecule has 1 aromatic heterocycles. The lowest BCUT2D eigenvalue weighted by Gasteiger charge is -2.33. The summed E-state index contributed by atoms with van der Waals surface area (Å²) in [5, 5.41) is 9.04. The van der Waals surface area contributed by atoms with E-state index in [-0.39, 0.29) is 0 Å². The molecule has 1 atom stereocenters. The monoisotopic (exact) mass is 304 g/mol. The van der Waals surface area contributed by atoms with Crippen LogP contribution in [0.5, 0.6) is 0 Å². The van der Waals surface area contributed by atoms with E-state index in [2.05, 4.69) is 19.7 Å². The van der Waals surface area contributed by atoms with Crippen molar-refractivity contribution in [3.8, 4) is 0 Å². The highest BCUT2D eigenvalue weighted by Gasteiger charge is 2.28. The zero-order valence-corrected chi connectivity index (χ0v) is 13.5. The Morgan fingerprint density at radius 1 is 1.00 bits per heavy atom. The summed E-state index contributed by atoms with van der Waals surface area (Å²) in [6.45, 7) is 6.72. The Hall–Kier alpha value is -0.940. The molecule has 0 saturated carbocycles. The summed E-state index contributed by atoms with van der Waals surface area (Å²) in [6, 6.07) is 0. The van der Waals surface area contributed by atoms with Gasteiger partial charge in [0.15, 0.2) is 0 Å². The smallest absolute Gasteiger partial charge is 0.136 e. The molecule has 4 heterocycles. The second-order valence-electron chi connectivity index (χ2n) is 7.24. The Balaban J connectivity index is 1.36. The molecule has 0 aliphatic carbocycles. The molecule has 1 aromatic rings. The van der Waals surface area contributed by atoms with E-state index >= 15 is 0 Å². The van der Waals surface area contributed by atoms with Crippen LogP contribution in [0.15, 0.2) is 0 Å². The van der Waals surface area contributed by atoms with Crippen LogP contribution in [0.25, 0.3) is 0 Å². The van der Waals surface area contributed by atoms with Gasteiger partial charge in [-0.3, -0.25) is 0 Å². The summed E-state index contributed by atoms with van der Waals surface area (Å²) in [6.07, 6.45) is 8.76. The molecular formula is C17H28N4O. The molecule has 0 bridgehead atoms. The summed E-state index contributed by atoms with van der Waals surface area (Å²) in [5.41, 5.74) is 0. The number of fused-ring (bicyclic) bond motifs is 1. The van der Waals surface area contributed by atoms with E-state index in [0.717, 1.165) is 32.1 Å². The average Bonchev–Trinajstić information content (AvgIpc) is 3.13. The van der Waals surface area contributed by atoms with Crippen molar-refractivity contribution < 1.29 is 4.74 Å². The Labute approximate surface area is 133 Å². The van der Waals surface area contributed by atoms with Crippen molar-refractivity contribution in [2.75, 3.05) is 32.8 Å². The van der Waals surface area contributed by atoms with Gasteiger partial charge in [-0.05, 0) is 51.1 Å². The van der Waals surface area contributed by atoms with E-state index < -0.39 is 0 Å². The van der Waals surface area contributed by atoms with E-state index in [9.17, 15) is 0 Å². The molecule has 122 valence electrons. The molecule has 0 spiro atoms. The van der Waals surface area contributed by atoms with Crippen molar-refractivity contribution in [2.24, 2.45) is 5.92 Å². The van der Waals surface area contributed by atoms with Crippen LogP contribution in [-0.2, 0) is 17.7 Å². The van der Waals surface area contributed by atoms with E-state index in [0.29, 0.717) is 5.92 Å². The van der Waals surface area contributed by atoms with E-state index in [1.54, 1.807) is 0 Å². The van der Waals surface area contributed by atoms with Crippen molar-refractivity contribution in [3.05, 3.63) is 11.6 Å². The summed E-state index contributed by atoms with van der Waals surface area (Å²) in [5.74, 6) is 3.90. The van der Waals surface area contributed by atoms with Gasteiger partial charge in [0.1, 0.15) is 11.6 Å². The van der Waals surface area contributed by atoms with Crippen LogP contribution in [-0.4, -0.2) is 52.5 Å². The molecule has 0 unspecified atom stereocenters. The molecule has 0 aromatic carbocycles. The Morgan fingerprint density at radius 3 is 2.73 bits per heavy atom. The third-order valence-electron chi connectivity index (χ3n) is 5.63. The van der Waals surface area contributed by atoms with Gasteiger partial charge in [0.05, 0.1) is 6.61 Å². The van der Waals surface area contributed by atoms with Crippen molar-refractivity contribution >= 4 is 0 Å². The van der Waals surface area contributed by atoms with Gasteiger partial charge in [0.25, 0.3) is 0 Å². The molecule has 0 amide bonds. The van der Waals surface area contributed by atoms with Crippen molar-refractivity contribution in [2.45, 2.75) is 57.4 Å². The fourth-order valence-corrected chi connectivity index (χ4v) is 4.28. The first-order chi connectivity index (χ1) is 10.9. The van der Waals surface area contributed by atoms with Crippen LogP contribution < -0.4 is 0 Å². The van der Waals surface area contributed by atoms with Gasteiger partial charge in [-0.2, -0.15) is 0 Å². The average molecular weight is 304 g/mol. The molecule has 22 heavy (non-hydrogen) atoms. The first-order valence-corrected chi connectivity index (χ1v) is 9.12.